The summed E-state index contributed by atoms with van der Waals surface area (Å²) in [6.45, 7) is 7.11. The number of nitrogens with one attached hydrogen (secondary N) is 4. The Morgan fingerprint density at radius 2 is 1.32 bits per heavy atom. The maximum absolute atomic E-state index is 14.1. The van der Waals surface area contributed by atoms with E-state index in [1.807, 2.05) is 6.92 Å². The van der Waals surface area contributed by atoms with E-state index in [2.05, 4.69) is 25.9 Å². The molecular weight excluding hydrogens is 742 g/mol. The summed E-state index contributed by atoms with van der Waals surface area (Å²) < 4.78 is 0. The van der Waals surface area contributed by atoms with Gasteiger partial charge < -0.3 is 47.7 Å². The number of imidazole rings is 1. The van der Waals surface area contributed by atoms with E-state index in [9.17, 15) is 53.7 Å². The minimum atomic E-state index is -1.52. The second kappa shape index (κ2) is 22.9. The number of aliphatic hydroxyl groups excluding tert-OH is 2. The third kappa shape index (κ3) is 15.5. The number of hydrogen-bond donors (Lipinski definition) is 9. The molecule has 5 amide bonds. The third-order valence-electron chi connectivity index (χ3n) is 9.88. The molecule has 314 valence electrons. The summed E-state index contributed by atoms with van der Waals surface area (Å²) in [5, 5.41) is 36.8. The van der Waals surface area contributed by atoms with Crippen LogP contribution in [0.1, 0.15) is 78.0 Å². The summed E-state index contributed by atoms with van der Waals surface area (Å²) in [6.07, 6.45) is 0.133. The van der Waals surface area contributed by atoms with Crippen molar-refractivity contribution in [3.63, 3.8) is 0 Å². The lowest BCUT2D eigenvalue weighted by Gasteiger charge is -2.28. The molecule has 2 rings (SSSR count). The number of Topliss-reactive ketones (excluding diaryl/α,β-unsaturated/α-hetero) is 3. The van der Waals surface area contributed by atoms with Gasteiger partial charge in [0.15, 0.2) is 17.3 Å². The number of benzene rings is 1. The minimum Gasteiger partial charge on any atom is -0.508 e. The number of rotatable bonds is 26. The zero-order valence-corrected chi connectivity index (χ0v) is 33.0. The molecular formula is C39H57N7O11. The van der Waals surface area contributed by atoms with Gasteiger partial charge in [0.25, 0.3) is 0 Å². The van der Waals surface area contributed by atoms with Crippen LogP contribution in [0.5, 0.6) is 5.75 Å². The van der Waals surface area contributed by atoms with Crippen molar-refractivity contribution < 1.29 is 53.7 Å². The fraction of sp³-hybridized carbons (Fsp3) is 0.564. The van der Waals surface area contributed by atoms with Crippen molar-refractivity contribution in [2.75, 3.05) is 6.61 Å². The Kier molecular flexibility index (Phi) is 19.2. The van der Waals surface area contributed by atoms with Crippen LogP contribution < -0.4 is 27.4 Å². The lowest BCUT2D eigenvalue weighted by Crippen LogP contribution is -2.51. The average Bonchev–Trinajstić information content (AvgIpc) is 3.67. The van der Waals surface area contributed by atoms with Gasteiger partial charge in [-0.2, -0.15) is 0 Å². The van der Waals surface area contributed by atoms with E-state index in [0.717, 1.165) is 0 Å². The number of phenols is 1. The zero-order chi connectivity index (χ0) is 43.0. The Bertz CT molecular complexity index is 1700. The number of aromatic amines is 1. The number of ketones is 3. The van der Waals surface area contributed by atoms with Crippen molar-refractivity contribution in [2.45, 2.75) is 104 Å². The van der Waals surface area contributed by atoms with E-state index < -0.39 is 127 Å². The van der Waals surface area contributed by atoms with Crippen LogP contribution in [0.15, 0.2) is 36.8 Å². The summed E-state index contributed by atoms with van der Waals surface area (Å²) in [7, 11) is 0. The maximum atomic E-state index is 14.1. The zero-order valence-electron chi connectivity index (χ0n) is 33.0. The number of aromatic hydroxyl groups is 1. The molecule has 0 radical (unpaired) electrons. The van der Waals surface area contributed by atoms with Crippen molar-refractivity contribution in [2.24, 2.45) is 41.1 Å². The molecule has 1 aromatic carbocycles. The summed E-state index contributed by atoms with van der Waals surface area (Å²) >= 11 is 0. The maximum Gasteiger partial charge on any atom is 0.225 e. The molecule has 11 N–H and O–H groups in total. The fourth-order valence-corrected chi connectivity index (χ4v) is 6.04. The second-order valence-electron chi connectivity index (χ2n) is 14.8. The van der Waals surface area contributed by atoms with Crippen molar-refractivity contribution in [3.05, 3.63) is 48.0 Å². The number of hydrogen-bond acceptors (Lipinski definition) is 12. The largest absolute Gasteiger partial charge is 0.508 e. The predicted octanol–water partition coefficient (Wildman–Crippen LogP) is -0.483. The molecule has 0 aliphatic heterocycles. The van der Waals surface area contributed by atoms with E-state index in [1.165, 1.54) is 45.4 Å². The highest BCUT2D eigenvalue weighted by Gasteiger charge is 2.35. The average molecular weight is 800 g/mol. The number of aliphatic hydroxyl groups is 2. The Balaban J connectivity index is 2.33. The SMILES string of the molecule is CC[C@H](C)[C@H](NC(=O)[C@@H](CC(=O)[C@H](CC(N)=O)NC(=O)[C@H](C)CC(=O)[C@@H](NC(=O)[C@@H](C)CO)[C@@H](C)O)Cc1ccc(O)cc1)C(=O)C[C@@H](Cc1cnc[nH]1)C(N)=O. The van der Waals surface area contributed by atoms with Crippen LogP contribution in [0, 0.1) is 29.6 Å². The molecule has 57 heavy (non-hydrogen) atoms. The smallest absolute Gasteiger partial charge is 0.225 e. The Labute approximate surface area is 331 Å². The first kappa shape index (κ1) is 47.7. The molecule has 0 aliphatic carbocycles. The Morgan fingerprint density at radius 1 is 0.737 bits per heavy atom. The van der Waals surface area contributed by atoms with Crippen LogP contribution in [-0.4, -0.2) is 103 Å². The van der Waals surface area contributed by atoms with Gasteiger partial charge in [-0.25, -0.2) is 4.98 Å². The van der Waals surface area contributed by atoms with Gasteiger partial charge in [0.1, 0.15) is 11.8 Å². The highest BCUT2D eigenvalue weighted by molar-refractivity contribution is 5.98. The van der Waals surface area contributed by atoms with Crippen LogP contribution in [0.3, 0.4) is 0 Å². The summed E-state index contributed by atoms with van der Waals surface area (Å²) in [5.74, 6) is -10.3. The van der Waals surface area contributed by atoms with Crippen LogP contribution >= 0.6 is 0 Å². The molecule has 2 aromatic rings. The monoisotopic (exact) mass is 799 g/mol. The quantitative estimate of drug-likeness (QED) is 0.0583. The summed E-state index contributed by atoms with van der Waals surface area (Å²) in [5.41, 5.74) is 12.2. The fourth-order valence-electron chi connectivity index (χ4n) is 6.04. The highest BCUT2D eigenvalue weighted by Crippen LogP contribution is 2.22. The molecule has 0 saturated heterocycles. The second-order valence-corrected chi connectivity index (χ2v) is 14.8. The number of nitrogens with zero attached hydrogens (tertiary/aromatic N) is 1. The Morgan fingerprint density at radius 3 is 1.84 bits per heavy atom. The molecule has 1 aromatic heterocycles. The van der Waals surface area contributed by atoms with E-state index in [4.69, 9.17) is 11.5 Å². The number of carbonyl (C=O) groups is 8. The van der Waals surface area contributed by atoms with E-state index in [-0.39, 0.29) is 25.0 Å². The van der Waals surface area contributed by atoms with Crippen molar-refractivity contribution in [3.8, 4) is 5.75 Å². The van der Waals surface area contributed by atoms with Gasteiger partial charge in [-0.3, -0.25) is 38.4 Å². The van der Waals surface area contributed by atoms with Crippen molar-refractivity contribution >= 4 is 46.9 Å². The number of phenolic OH excluding ortho intramolecular Hbond substituents is 1. The van der Waals surface area contributed by atoms with Crippen LogP contribution in [0.25, 0.3) is 0 Å². The first-order valence-corrected chi connectivity index (χ1v) is 18.9. The van der Waals surface area contributed by atoms with Crippen LogP contribution in [-0.2, 0) is 51.2 Å². The lowest BCUT2D eigenvalue weighted by atomic mass is 9.86. The number of aromatic nitrogens is 2. The van der Waals surface area contributed by atoms with E-state index in [1.54, 1.807) is 19.1 Å². The number of amides is 5. The molecule has 0 saturated carbocycles. The highest BCUT2D eigenvalue weighted by atomic mass is 16.3. The summed E-state index contributed by atoms with van der Waals surface area (Å²) in [4.78, 5) is 112. The first-order chi connectivity index (χ1) is 26.8. The minimum absolute atomic E-state index is 0.0453. The molecule has 0 spiro atoms. The van der Waals surface area contributed by atoms with Crippen molar-refractivity contribution in [1.29, 1.82) is 0 Å². The summed E-state index contributed by atoms with van der Waals surface area (Å²) in [6, 6.07) is 1.86. The molecule has 1 heterocycles. The molecule has 18 nitrogen and oxygen atoms in total. The van der Waals surface area contributed by atoms with Gasteiger partial charge >= 0.3 is 0 Å². The predicted molar refractivity (Wildman–Crippen MR) is 205 cm³/mol. The standard InChI is InChI=1S/C39H57N7O11/c1-6-20(2)34(32(52)14-25(36(41)54)13-27-17-42-19-43-27)45-39(57)26(12-24-7-9-28(49)10-8-24)15-30(50)29(16-33(40)53)44-37(55)21(3)11-31(51)35(23(5)48)46-38(56)22(4)18-47/h7-10,17,19-23,25-26,29,34-35,47-49H,6,11-16,18H2,1-5H3,(H2,40,53)(H2,41,54)(H,42,43)(H,44,55)(H,45,57)(H,46,56)/t20-,21+,22-,23+,25+,26+,29-,34-,35-/m0/s1. The molecule has 0 unspecified atom stereocenters. The van der Waals surface area contributed by atoms with Crippen molar-refractivity contribution in [1.82, 2.24) is 25.9 Å². The number of nitrogens with two attached hydrogens (primary N) is 2. The topological polar surface area (TPSA) is 314 Å². The van der Waals surface area contributed by atoms with Gasteiger partial charge in [0.2, 0.25) is 29.5 Å². The Hall–Kier alpha value is -5.49. The molecule has 9 atom stereocenters. The molecule has 0 bridgehead atoms. The third-order valence-corrected chi connectivity index (χ3v) is 9.88. The molecule has 0 aliphatic rings. The van der Waals surface area contributed by atoms with Gasteiger partial charge in [0, 0.05) is 49.4 Å². The van der Waals surface area contributed by atoms with Gasteiger partial charge in [-0.05, 0) is 37.0 Å². The van der Waals surface area contributed by atoms with Gasteiger partial charge in [0.05, 0.1) is 49.4 Å². The number of primary amides is 2. The lowest BCUT2D eigenvalue weighted by molar-refractivity contribution is -0.137. The number of carbonyl (C=O) groups excluding carboxylic acids is 8. The first-order valence-electron chi connectivity index (χ1n) is 18.9. The van der Waals surface area contributed by atoms with Crippen LogP contribution in [0.4, 0.5) is 0 Å². The molecule has 18 heteroatoms. The molecule has 0 fully saturated rings. The van der Waals surface area contributed by atoms with Gasteiger partial charge in [-0.15, -0.1) is 0 Å². The van der Waals surface area contributed by atoms with E-state index >= 15 is 0 Å². The normalized spacial score (nSPS) is 16.0. The number of H-pyrrole nitrogens is 1. The van der Waals surface area contributed by atoms with E-state index in [0.29, 0.717) is 17.7 Å². The van der Waals surface area contributed by atoms with Crippen LogP contribution in [0.2, 0.25) is 0 Å². The van der Waals surface area contributed by atoms with Gasteiger partial charge in [-0.1, -0.05) is 46.2 Å².